The molecule has 7 aromatic carbocycles. The van der Waals surface area contributed by atoms with Crippen LogP contribution in [0.1, 0.15) is 0 Å². The van der Waals surface area contributed by atoms with Crippen LogP contribution in [0.25, 0.3) is 95.3 Å². The Labute approximate surface area is 299 Å². The maximum Gasteiger partial charge on any atom is 0.164 e. The van der Waals surface area contributed by atoms with Crippen LogP contribution < -0.4 is 0 Å². The number of hydrogen-bond acceptors (Lipinski definition) is 5. The fourth-order valence-corrected chi connectivity index (χ4v) is 7.02. The lowest BCUT2D eigenvalue weighted by Gasteiger charge is -2.11. The Morgan fingerprint density at radius 2 is 1.00 bits per heavy atom. The Morgan fingerprint density at radius 3 is 1.75 bits per heavy atom. The zero-order chi connectivity index (χ0) is 34.4. The molecular weight excluding hydrogens is 639 g/mol. The molecule has 0 aliphatic heterocycles. The first-order valence-corrected chi connectivity index (χ1v) is 17.2. The Balaban J connectivity index is 1.13. The largest absolute Gasteiger partial charge is 0.456 e. The van der Waals surface area contributed by atoms with Crippen LogP contribution in [0.15, 0.2) is 180 Å². The summed E-state index contributed by atoms with van der Waals surface area (Å²) < 4.78 is 8.67. The molecule has 10 rings (SSSR count). The number of nitrogens with zero attached hydrogens (tertiary/aromatic N) is 5. The molecule has 52 heavy (non-hydrogen) atoms. The van der Waals surface area contributed by atoms with E-state index in [-0.39, 0.29) is 0 Å². The quantitative estimate of drug-likeness (QED) is 0.176. The van der Waals surface area contributed by atoms with Gasteiger partial charge in [-0.1, -0.05) is 127 Å². The maximum atomic E-state index is 6.44. The van der Waals surface area contributed by atoms with Crippen molar-refractivity contribution in [2.45, 2.75) is 0 Å². The summed E-state index contributed by atoms with van der Waals surface area (Å²) in [6, 6.07) is 59.8. The average Bonchev–Trinajstić information content (AvgIpc) is 3.80. The van der Waals surface area contributed by atoms with Gasteiger partial charge < -0.3 is 4.42 Å². The van der Waals surface area contributed by atoms with Gasteiger partial charge in [0, 0.05) is 38.7 Å². The number of aromatic nitrogens is 5. The molecule has 0 bridgehead atoms. The second-order valence-electron chi connectivity index (χ2n) is 12.7. The van der Waals surface area contributed by atoms with E-state index in [1.54, 1.807) is 0 Å². The molecule has 6 nitrogen and oxygen atoms in total. The van der Waals surface area contributed by atoms with Gasteiger partial charge in [0.15, 0.2) is 17.5 Å². The fraction of sp³-hybridized carbons (Fsp3) is 0. The Morgan fingerprint density at radius 1 is 0.404 bits per heavy atom. The number of para-hydroxylation sites is 3. The van der Waals surface area contributed by atoms with Gasteiger partial charge in [-0.2, -0.15) is 0 Å². The number of benzene rings is 7. The van der Waals surface area contributed by atoms with Crippen LogP contribution in [-0.2, 0) is 0 Å². The number of furan rings is 1. The molecule has 3 heterocycles. The van der Waals surface area contributed by atoms with Gasteiger partial charge in [0.25, 0.3) is 0 Å². The fourth-order valence-electron chi connectivity index (χ4n) is 7.02. The summed E-state index contributed by atoms with van der Waals surface area (Å²) in [6.07, 6.45) is 0. The summed E-state index contributed by atoms with van der Waals surface area (Å²) in [4.78, 5) is 20.1. The van der Waals surface area contributed by atoms with Crippen LogP contribution in [0, 0.1) is 0 Å². The molecule has 3 aromatic heterocycles. The van der Waals surface area contributed by atoms with Gasteiger partial charge in [-0.3, -0.25) is 4.57 Å². The van der Waals surface area contributed by atoms with Gasteiger partial charge in [0.2, 0.25) is 0 Å². The highest BCUT2D eigenvalue weighted by molar-refractivity contribution is 6.12. The molecule has 0 aliphatic carbocycles. The first-order chi connectivity index (χ1) is 25.8. The Kier molecular flexibility index (Phi) is 7.03. The van der Waals surface area contributed by atoms with E-state index in [0.717, 1.165) is 77.9 Å². The predicted molar refractivity (Wildman–Crippen MR) is 209 cm³/mol. The Hall–Kier alpha value is -7.18. The lowest BCUT2D eigenvalue weighted by Crippen LogP contribution is -2.00. The average molecular weight is 668 g/mol. The zero-order valence-corrected chi connectivity index (χ0v) is 27.9. The second kappa shape index (κ2) is 12.3. The molecule has 0 saturated heterocycles. The van der Waals surface area contributed by atoms with Crippen molar-refractivity contribution in [2.24, 2.45) is 0 Å². The third-order valence-electron chi connectivity index (χ3n) is 9.46. The molecule has 0 spiro atoms. The minimum Gasteiger partial charge on any atom is -0.456 e. The van der Waals surface area contributed by atoms with Crippen molar-refractivity contribution >= 4 is 33.0 Å². The van der Waals surface area contributed by atoms with E-state index >= 15 is 0 Å². The van der Waals surface area contributed by atoms with Gasteiger partial charge >= 0.3 is 0 Å². The highest BCUT2D eigenvalue weighted by Gasteiger charge is 2.19. The van der Waals surface area contributed by atoms with Crippen molar-refractivity contribution in [3.8, 4) is 62.4 Å². The molecule has 0 radical (unpaired) electrons. The molecule has 0 unspecified atom stereocenters. The normalized spacial score (nSPS) is 11.5. The van der Waals surface area contributed by atoms with Gasteiger partial charge in [0.1, 0.15) is 17.0 Å². The van der Waals surface area contributed by atoms with Crippen LogP contribution in [0.4, 0.5) is 0 Å². The third kappa shape index (κ3) is 5.13. The SMILES string of the molecule is c1ccc(-c2nc(-c3ccccc3)nc(-c3cccc4oc5ccc(-c6cccc(-c7nc8ccccc8n7-c7ccccc7)c6)cc5c34)n2)cc1. The van der Waals surface area contributed by atoms with E-state index in [1.807, 2.05) is 84.9 Å². The van der Waals surface area contributed by atoms with Crippen molar-refractivity contribution in [1.82, 2.24) is 24.5 Å². The number of hydrogen-bond donors (Lipinski definition) is 0. The lowest BCUT2D eigenvalue weighted by atomic mass is 9.99. The van der Waals surface area contributed by atoms with Crippen LogP contribution >= 0.6 is 0 Å². The molecule has 6 heteroatoms. The first-order valence-electron chi connectivity index (χ1n) is 17.2. The second-order valence-corrected chi connectivity index (χ2v) is 12.7. The van der Waals surface area contributed by atoms with E-state index in [2.05, 4.69) is 95.6 Å². The summed E-state index contributed by atoms with van der Waals surface area (Å²) in [5, 5.41) is 1.96. The van der Waals surface area contributed by atoms with Crippen molar-refractivity contribution in [3.63, 3.8) is 0 Å². The molecule has 0 amide bonds. The summed E-state index contributed by atoms with van der Waals surface area (Å²) >= 11 is 0. The molecule has 0 aliphatic rings. The molecular formula is C46H29N5O. The number of fused-ring (bicyclic) bond motifs is 4. The van der Waals surface area contributed by atoms with Gasteiger partial charge in [-0.25, -0.2) is 19.9 Å². The minimum atomic E-state index is 0.591. The molecule has 0 fully saturated rings. The summed E-state index contributed by atoms with van der Waals surface area (Å²) in [6.45, 7) is 0. The van der Waals surface area contributed by atoms with Gasteiger partial charge in [-0.05, 0) is 59.7 Å². The van der Waals surface area contributed by atoms with Gasteiger partial charge in [0.05, 0.1) is 11.0 Å². The van der Waals surface area contributed by atoms with Gasteiger partial charge in [-0.15, -0.1) is 0 Å². The predicted octanol–water partition coefficient (Wildman–Crippen LogP) is 11.4. The zero-order valence-electron chi connectivity index (χ0n) is 27.9. The topological polar surface area (TPSA) is 69.6 Å². The van der Waals surface area contributed by atoms with E-state index in [9.17, 15) is 0 Å². The van der Waals surface area contributed by atoms with E-state index in [4.69, 9.17) is 24.4 Å². The molecule has 0 atom stereocenters. The minimum absolute atomic E-state index is 0.591. The highest BCUT2D eigenvalue weighted by Crippen LogP contribution is 2.39. The highest BCUT2D eigenvalue weighted by atomic mass is 16.3. The molecule has 0 saturated carbocycles. The maximum absolute atomic E-state index is 6.44. The number of rotatable bonds is 6. The molecule has 10 aromatic rings. The summed E-state index contributed by atoms with van der Waals surface area (Å²) in [7, 11) is 0. The number of imidazole rings is 1. The van der Waals surface area contributed by atoms with Crippen molar-refractivity contribution in [1.29, 1.82) is 0 Å². The van der Waals surface area contributed by atoms with Crippen molar-refractivity contribution in [2.75, 3.05) is 0 Å². The smallest absolute Gasteiger partial charge is 0.164 e. The van der Waals surface area contributed by atoms with Crippen LogP contribution in [0.2, 0.25) is 0 Å². The third-order valence-corrected chi connectivity index (χ3v) is 9.46. The Bertz CT molecular complexity index is 2840. The summed E-state index contributed by atoms with van der Waals surface area (Å²) in [5.41, 5.74) is 10.6. The van der Waals surface area contributed by atoms with Crippen molar-refractivity contribution < 1.29 is 4.42 Å². The van der Waals surface area contributed by atoms with Crippen LogP contribution in [-0.4, -0.2) is 24.5 Å². The van der Waals surface area contributed by atoms with Crippen LogP contribution in [0.5, 0.6) is 0 Å². The van der Waals surface area contributed by atoms with Crippen LogP contribution in [0.3, 0.4) is 0 Å². The molecule has 0 N–H and O–H groups in total. The van der Waals surface area contributed by atoms with Crippen molar-refractivity contribution in [3.05, 3.63) is 176 Å². The lowest BCUT2D eigenvalue weighted by molar-refractivity contribution is 0.669. The van der Waals surface area contributed by atoms with E-state index in [0.29, 0.717) is 17.5 Å². The van der Waals surface area contributed by atoms with E-state index in [1.165, 1.54) is 0 Å². The summed E-state index contributed by atoms with van der Waals surface area (Å²) in [5.74, 6) is 2.72. The van der Waals surface area contributed by atoms with E-state index < -0.39 is 0 Å². The molecule has 244 valence electrons. The standard InChI is InChI=1S/C46H29N5O/c1-4-14-30(15-5-1)43-48-44(31-16-6-2-7-17-31)50-45(49-43)36-22-13-25-41-42(36)37-29-33(26-27-40(37)52-41)32-18-12-19-34(28-32)46-47-38-23-10-11-24-39(38)51(46)35-20-8-3-9-21-35/h1-29H. The monoisotopic (exact) mass is 667 g/mol. The first kappa shape index (κ1) is 29.7.